The quantitative estimate of drug-likeness (QED) is 0.739. The molecule has 0 atom stereocenters. The Balaban J connectivity index is 1.99. The zero-order valence-corrected chi connectivity index (χ0v) is 10.9. The van der Waals surface area contributed by atoms with Gasteiger partial charge in [0.05, 0.1) is 29.0 Å². The molecule has 4 N–H and O–H groups in total. The van der Waals surface area contributed by atoms with Gasteiger partial charge in [0.25, 0.3) is 0 Å². The highest BCUT2D eigenvalue weighted by Gasteiger charge is 2.33. The van der Waals surface area contributed by atoms with E-state index in [2.05, 4.69) is 10.3 Å². The fourth-order valence-corrected chi connectivity index (χ4v) is 2.94. The Morgan fingerprint density at radius 2 is 2.05 bits per heavy atom. The zero-order chi connectivity index (χ0) is 13.3. The van der Waals surface area contributed by atoms with E-state index in [0.717, 1.165) is 42.3 Å². The van der Waals surface area contributed by atoms with E-state index in [1.807, 2.05) is 24.3 Å². The van der Waals surface area contributed by atoms with Gasteiger partial charge in [0, 0.05) is 11.6 Å². The summed E-state index contributed by atoms with van der Waals surface area (Å²) >= 11 is 0. The number of benzene rings is 1. The Morgan fingerprint density at radius 3 is 2.79 bits per heavy atom. The number of hydrogen-bond donors (Lipinski definition) is 3. The minimum atomic E-state index is -0.204. The van der Waals surface area contributed by atoms with E-state index >= 15 is 0 Å². The van der Waals surface area contributed by atoms with Crippen LogP contribution < -0.4 is 11.1 Å². The monoisotopic (exact) mass is 257 g/mol. The maximum atomic E-state index is 9.67. The summed E-state index contributed by atoms with van der Waals surface area (Å²) in [6.07, 6.45) is 6.06. The van der Waals surface area contributed by atoms with Gasteiger partial charge in [-0.3, -0.25) is 4.98 Å². The van der Waals surface area contributed by atoms with E-state index in [1.165, 1.54) is 0 Å². The van der Waals surface area contributed by atoms with Gasteiger partial charge in [-0.05, 0) is 37.1 Å². The molecule has 0 amide bonds. The van der Waals surface area contributed by atoms with Crippen LogP contribution in [0, 0.1) is 0 Å². The number of anilines is 2. The van der Waals surface area contributed by atoms with E-state index in [4.69, 9.17) is 5.73 Å². The number of rotatable bonds is 3. The molecular formula is C15H19N3O. The lowest BCUT2D eigenvalue weighted by Gasteiger charge is -2.30. The Morgan fingerprint density at radius 1 is 1.26 bits per heavy atom. The van der Waals surface area contributed by atoms with E-state index < -0.39 is 0 Å². The predicted molar refractivity (Wildman–Crippen MR) is 78.1 cm³/mol. The molecule has 0 radical (unpaired) electrons. The lowest BCUT2D eigenvalue weighted by molar-refractivity contribution is 0.214. The first-order valence-corrected chi connectivity index (χ1v) is 6.76. The van der Waals surface area contributed by atoms with Crippen LogP contribution in [0.15, 0.2) is 30.5 Å². The van der Waals surface area contributed by atoms with Crippen LogP contribution in [0.4, 0.5) is 11.4 Å². The van der Waals surface area contributed by atoms with Gasteiger partial charge >= 0.3 is 0 Å². The Kier molecular flexibility index (Phi) is 3.03. The summed E-state index contributed by atoms with van der Waals surface area (Å²) in [5.74, 6) is 0. The average Bonchev–Trinajstić information content (AvgIpc) is 2.92. The molecular weight excluding hydrogens is 238 g/mol. The van der Waals surface area contributed by atoms with Gasteiger partial charge in [-0.15, -0.1) is 0 Å². The van der Waals surface area contributed by atoms with Crippen molar-refractivity contribution in [1.29, 1.82) is 0 Å². The first-order valence-electron chi connectivity index (χ1n) is 6.76. The molecule has 0 spiro atoms. The van der Waals surface area contributed by atoms with E-state index in [1.54, 1.807) is 6.20 Å². The standard InChI is InChI=1S/C15H19N3O/c16-14-11-4-3-9-17-12(11)5-6-13(14)18-15(10-19)7-1-2-8-15/h3-6,9,18-19H,1-2,7-8,10,16H2. The van der Waals surface area contributed by atoms with Gasteiger partial charge in [0.2, 0.25) is 0 Å². The predicted octanol–water partition coefficient (Wildman–Crippen LogP) is 2.53. The molecule has 1 heterocycles. The number of aromatic nitrogens is 1. The van der Waals surface area contributed by atoms with Crippen molar-refractivity contribution in [1.82, 2.24) is 4.98 Å². The number of aliphatic hydroxyl groups excluding tert-OH is 1. The summed E-state index contributed by atoms with van der Waals surface area (Å²) in [5, 5.41) is 14.1. The molecule has 1 aliphatic rings. The van der Waals surface area contributed by atoms with Crippen LogP contribution in [0.1, 0.15) is 25.7 Å². The van der Waals surface area contributed by atoms with Crippen molar-refractivity contribution in [3.8, 4) is 0 Å². The van der Waals surface area contributed by atoms with Gasteiger partial charge in [-0.1, -0.05) is 12.8 Å². The first-order chi connectivity index (χ1) is 9.24. The smallest absolute Gasteiger partial charge is 0.0724 e. The third-order valence-electron chi connectivity index (χ3n) is 4.09. The summed E-state index contributed by atoms with van der Waals surface area (Å²) in [7, 11) is 0. The molecule has 3 rings (SSSR count). The van der Waals surface area contributed by atoms with Crippen molar-refractivity contribution in [2.75, 3.05) is 17.7 Å². The minimum absolute atomic E-state index is 0.150. The van der Waals surface area contributed by atoms with Crippen molar-refractivity contribution < 1.29 is 5.11 Å². The maximum Gasteiger partial charge on any atom is 0.0724 e. The van der Waals surface area contributed by atoms with Gasteiger partial charge in [-0.2, -0.15) is 0 Å². The zero-order valence-electron chi connectivity index (χ0n) is 10.9. The minimum Gasteiger partial charge on any atom is -0.397 e. The number of nitrogens with two attached hydrogens (primary N) is 1. The SMILES string of the molecule is Nc1c(NC2(CO)CCCC2)ccc2ncccc12. The van der Waals surface area contributed by atoms with E-state index in [-0.39, 0.29) is 12.1 Å². The molecule has 0 unspecified atom stereocenters. The average molecular weight is 257 g/mol. The fraction of sp³-hybridized carbons (Fsp3) is 0.400. The Labute approximate surface area is 112 Å². The number of nitrogen functional groups attached to an aromatic ring is 1. The topological polar surface area (TPSA) is 71.2 Å². The number of fused-ring (bicyclic) bond motifs is 1. The number of nitrogens with one attached hydrogen (secondary N) is 1. The highest BCUT2D eigenvalue weighted by molar-refractivity contribution is 5.96. The highest BCUT2D eigenvalue weighted by atomic mass is 16.3. The molecule has 0 saturated heterocycles. The second-order valence-corrected chi connectivity index (χ2v) is 5.37. The van der Waals surface area contributed by atoms with Crippen LogP contribution in [-0.4, -0.2) is 22.2 Å². The fourth-order valence-electron chi connectivity index (χ4n) is 2.94. The van der Waals surface area contributed by atoms with Crippen molar-refractivity contribution in [2.45, 2.75) is 31.2 Å². The van der Waals surface area contributed by atoms with Crippen molar-refractivity contribution in [3.05, 3.63) is 30.5 Å². The van der Waals surface area contributed by atoms with Gasteiger partial charge in [0.15, 0.2) is 0 Å². The number of aliphatic hydroxyl groups is 1. The molecule has 1 fully saturated rings. The highest BCUT2D eigenvalue weighted by Crippen LogP contribution is 2.36. The van der Waals surface area contributed by atoms with Gasteiger partial charge < -0.3 is 16.2 Å². The molecule has 19 heavy (non-hydrogen) atoms. The molecule has 0 aliphatic heterocycles. The summed E-state index contributed by atoms with van der Waals surface area (Å²) in [4.78, 5) is 4.30. The van der Waals surface area contributed by atoms with Crippen LogP contribution in [0.2, 0.25) is 0 Å². The summed E-state index contributed by atoms with van der Waals surface area (Å²) in [6.45, 7) is 0.150. The number of pyridine rings is 1. The van der Waals surface area contributed by atoms with Crippen LogP contribution in [0.25, 0.3) is 10.9 Å². The van der Waals surface area contributed by atoms with Crippen molar-refractivity contribution in [2.24, 2.45) is 0 Å². The molecule has 1 aliphatic carbocycles. The summed E-state index contributed by atoms with van der Waals surface area (Å²) in [5.41, 5.74) is 8.53. The number of nitrogens with zero attached hydrogens (tertiary/aromatic N) is 1. The second kappa shape index (κ2) is 4.70. The lowest BCUT2D eigenvalue weighted by atomic mass is 9.98. The molecule has 1 saturated carbocycles. The molecule has 1 aromatic carbocycles. The molecule has 2 aromatic rings. The van der Waals surface area contributed by atoms with Gasteiger partial charge in [0.1, 0.15) is 0 Å². The molecule has 4 heteroatoms. The van der Waals surface area contributed by atoms with Crippen molar-refractivity contribution in [3.63, 3.8) is 0 Å². The summed E-state index contributed by atoms with van der Waals surface area (Å²) in [6, 6.07) is 7.79. The second-order valence-electron chi connectivity index (χ2n) is 5.37. The maximum absolute atomic E-state index is 9.67. The van der Waals surface area contributed by atoms with Crippen LogP contribution in [-0.2, 0) is 0 Å². The third-order valence-corrected chi connectivity index (χ3v) is 4.09. The van der Waals surface area contributed by atoms with Crippen LogP contribution in [0.3, 0.4) is 0 Å². The van der Waals surface area contributed by atoms with Gasteiger partial charge in [-0.25, -0.2) is 0 Å². The summed E-state index contributed by atoms with van der Waals surface area (Å²) < 4.78 is 0. The van der Waals surface area contributed by atoms with E-state index in [9.17, 15) is 5.11 Å². The van der Waals surface area contributed by atoms with Crippen LogP contribution in [0.5, 0.6) is 0 Å². The molecule has 0 bridgehead atoms. The first kappa shape index (κ1) is 12.2. The Hall–Kier alpha value is -1.81. The number of hydrogen-bond acceptors (Lipinski definition) is 4. The Bertz CT molecular complexity index is 591. The van der Waals surface area contributed by atoms with Crippen LogP contribution >= 0.6 is 0 Å². The molecule has 100 valence electrons. The normalized spacial score (nSPS) is 17.7. The van der Waals surface area contributed by atoms with Crippen molar-refractivity contribution >= 4 is 22.3 Å². The third kappa shape index (κ3) is 2.12. The molecule has 4 nitrogen and oxygen atoms in total. The largest absolute Gasteiger partial charge is 0.397 e. The molecule has 1 aromatic heterocycles. The lowest BCUT2D eigenvalue weighted by Crippen LogP contribution is -2.39. The van der Waals surface area contributed by atoms with E-state index in [0.29, 0.717) is 5.69 Å².